The molecule has 8 heteroatoms. The van der Waals surface area contributed by atoms with Gasteiger partial charge in [0.1, 0.15) is 5.82 Å². The van der Waals surface area contributed by atoms with Crippen molar-refractivity contribution in [2.24, 2.45) is 0 Å². The first-order valence-corrected chi connectivity index (χ1v) is 10.2. The lowest BCUT2D eigenvalue weighted by Gasteiger charge is -2.23. The van der Waals surface area contributed by atoms with Gasteiger partial charge in [-0.2, -0.15) is 0 Å². The van der Waals surface area contributed by atoms with Crippen molar-refractivity contribution < 1.29 is 14.3 Å². The Bertz CT molecular complexity index is 1150. The second-order valence-electron chi connectivity index (χ2n) is 6.65. The number of carboxylic acid groups (broad SMARTS) is 1. The van der Waals surface area contributed by atoms with Gasteiger partial charge >= 0.3 is 5.97 Å². The third-order valence-electron chi connectivity index (χ3n) is 4.60. The fourth-order valence-corrected chi connectivity index (χ4v) is 3.86. The molecule has 31 heavy (non-hydrogen) atoms. The molecule has 2 aromatic heterocycles. The summed E-state index contributed by atoms with van der Waals surface area (Å²) in [6.45, 7) is 0.881. The molecule has 0 bridgehead atoms. The molecule has 0 amide bonds. The van der Waals surface area contributed by atoms with Crippen molar-refractivity contribution in [1.29, 1.82) is 0 Å². The largest absolute Gasteiger partial charge is 0.478 e. The monoisotopic (exact) mass is 455 g/mol. The third kappa shape index (κ3) is 5.45. The molecular weight excluding hydrogens is 437 g/mol. The molecule has 0 fully saturated rings. The highest BCUT2D eigenvalue weighted by atomic mass is 35.5. The van der Waals surface area contributed by atoms with Gasteiger partial charge in [0.15, 0.2) is 0 Å². The number of anilines is 1. The van der Waals surface area contributed by atoms with Crippen molar-refractivity contribution in [3.05, 3.63) is 100 Å². The van der Waals surface area contributed by atoms with Gasteiger partial charge in [0.2, 0.25) is 5.95 Å². The first kappa shape index (κ1) is 22.4. The molecule has 0 unspecified atom stereocenters. The maximum atomic E-state index is 13.3. The van der Waals surface area contributed by atoms with Crippen LogP contribution in [-0.4, -0.2) is 21.0 Å². The molecule has 0 aliphatic rings. The Morgan fingerprint density at radius 3 is 2.48 bits per heavy atom. The summed E-state index contributed by atoms with van der Waals surface area (Å²) in [7, 11) is 0. The average Bonchev–Trinajstić information content (AvgIpc) is 3.27. The summed E-state index contributed by atoms with van der Waals surface area (Å²) in [6, 6.07) is 18.8. The van der Waals surface area contributed by atoms with E-state index in [-0.39, 0.29) is 23.8 Å². The van der Waals surface area contributed by atoms with Crippen LogP contribution in [0.4, 0.5) is 10.3 Å². The zero-order chi connectivity index (χ0) is 20.9. The van der Waals surface area contributed by atoms with Crippen LogP contribution in [0.3, 0.4) is 0 Å². The van der Waals surface area contributed by atoms with E-state index in [4.69, 9.17) is 0 Å². The van der Waals surface area contributed by atoms with Crippen LogP contribution >= 0.6 is 23.7 Å². The molecule has 0 radical (unpaired) electrons. The Morgan fingerprint density at radius 2 is 1.77 bits per heavy atom. The van der Waals surface area contributed by atoms with E-state index in [1.54, 1.807) is 53.9 Å². The molecule has 4 aromatic rings. The summed E-state index contributed by atoms with van der Waals surface area (Å²) in [4.78, 5) is 23.8. The minimum atomic E-state index is -0.970. The standard InChI is InChI=1S/C23H18FN3O2S.ClH/c24-18-9-7-16(8-10-18)21-11-12-25-23(26-21)27(15-19-5-3-13-30-19)14-17-4-1-2-6-20(17)22(28)29;/h1-13H,14-15H2,(H,28,29);1H. The topological polar surface area (TPSA) is 66.3 Å². The van der Waals surface area contributed by atoms with Crippen LogP contribution in [0.15, 0.2) is 78.3 Å². The van der Waals surface area contributed by atoms with Crippen LogP contribution in [-0.2, 0) is 13.1 Å². The van der Waals surface area contributed by atoms with E-state index in [1.807, 2.05) is 28.5 Å². The first-order chi connectivity index (χ1) is 14.6. The van der Waals surface area contributed by atoms with Crippen LogP contribution in [0.1, 0.15) is 20.8 Å². The zero-order valence-corrected chi connectivity index (χ0v) is 17.9. The van der Waals surface area contributed by atoms with Gasteiger partial charge in [0.25, 0.3) is 0 Å². The predicted octanol–water partition coefficient (Wildman–Crippen LogP) is 5.67. The summed E-state index contributed by atoms with van der Waals surface area (Å²) in [5.74, 6) is -0.800. The third-order valence-corrected chi connectivity index (χ3v) is 5.46. The molecule has 0 aliphatic heterocycles. The first-order valence-electron chi connectivity index (χ1n) is 9.27. The molecule has 2 aromatic carbocycles. The number of hydrogen-bond acceptors (Lipinski definition) is 5. The van der Waals surface area contributed by atoms with E-state index >= 15 is 0 Å². The van der Waals surface area contributed by atoms with E-state index in [0.29, 0.717) is 30.3 Å². The van der Waals surface area contributed by atoms with Crippen LogP contribution in [0, 0.1) is 5.82 Å². The van der Waals surface area contributed by atoms with Crippen molar-refractivity contribution in [2.45, 2.75) is 13.1 Å². The number of nitrogens with zero attached hydrogens (tertiary/aromatic N) is 3. The lowest BCUT2D eigenvalue weighted by Crippen LogP contribution is -2.25. The molecule has 0 aliphatic carbocycles. The van der Waals surface area contributed by atoms with Crippen LogP contribution in [0.2, 0.25) is 0 Å². The van der Waals surface area contributed by atoms with Crippen LogP contribution in [0.25, 0.3) is 11.3 Å². The number of carboxylic acids is 1. The maximum absolute atomic E-state index is 13.3. The molecule has 0 saturated carbocycles. The fraction of sp³-hybridized carbons (Fsp3) is 0.0870. The number of aromatic carboxylic acids is 1. The lowest BCUT2D eigenvalue weighted by molar-refractivity contribution is 0.0695. The summed E-state index contributed by atoms with van der Waals surface area (Å²) in [6.07, 6.45) is 1.66. The second-order valence-corrected chi connectivity index (χ2v) is 7.68. The van der Waals surface area contributed by atoms with Crippen LogP contribution in [0.5, 0.6) is 0 Å². The van der Waals surface area contributed by atoms with Gasteiger partial charge in [-0.25, -0.2) is 19.2 Å². The zero-order valence-electron chi connectivity index (χ0n) is 16.3. The van der Waals surface area contributed by atoms with Crippen molar-refractivity contribution in [3.8, 4) is 11.3 Å². The molecule has 1 N–H and O–H groups in total. The molecular formula is C23H19ClFN3O2S. The van der Waals surface area contributed by atoms with Gasteiger partial charge in [-0.05, 0) is 53.4 Å². The van der Waals surface area contributed by atoms with E-state index < -0.39 is 5.97 Å². The molecule has 158 valence electrons. The molecule has 0 spiro atoms. The molecule has 2 heterocycles. The van der Waals surface area contributed by atoms with Crippen molar-refractivity contribution in [1.82, 2.24) is 9.97 Å². The van der Waals surface area contributed by atoms with E-state index in [0.717, 1.165) is 10.4 Å². The van der Waals surface area contributed by atoms with E-state index in [1.165, 1.54) is 12.1 Å². The Kier molecular flexibility index (Phi) is 7.33. The Hall–Kier alpha value is -3.29. The lowest BCUT2D eigenvalue weighted by atomic mass is 10.1. The molecule has 0 saturated heterocycles. The van der Waals surface area contributed by atoms with Crippen molar-refractivity contribution >= 4 is 35.7 Å². The summed E-state index contributed by atoms with van der Waals surface area (Å²) in [5.41, 5.74) is 2.38. The number of thiophene rings is 1. The Morgan fingerprint density at radius 1 is 1.00 bits per heavy atom. The van der Waals surface area contributed by atoms with Gasteiger partial charge in [-0.15, -0.1) is 23.7 Å². The number of rotatable bonds is 7. The van der Waals surface area contributed by atoms with Gasteiger partial charge in [-0.3, -0.25) is 0 Å². The highest BCUT2D eigenvalue weighted by Gasteiger charge is 2.17. The molecule has 0 atom stereocenters. The Labute approximate surface area is 189 Å². The fourth-order valence-electron chi connectivity index (χ4n) is 3.14. The number of benzene rings is 2. The number of hydrogen-bond donors (Lipinski definition) is 1. The number of halogens is 2. The van der Waals surface area contributed by atoms with E-state index in [2.05, 4.69) is 9.97 Å². The van der Waals surface area contributed by atoms with Crippen molar-refractivity contribution in [2.75, 3.05) is 4.90 Å². The second kappa shape index (κ2) is 10.1. The SMILES string of the molecule is Cl.O=C(O)c1ccccc1CN(Cc1cccs1)c1nccc(-c2ccc(F)cc2)n1. The number of carbonyl (C=O) groups is 1. The average molecular weight is 456 g/mol. The van der Waals surface area contributed by atoms with E-state index in [9.17, 15) is 14.3 Å². The summed E-state index contributed by atoms with van der Waals surface area (Å²) >= 11 is 1.61. The highest BCUT2D eigenvalue weighted by Crippen LogP contribution is 2.24. The Balaban J connectivity index is 0.00000272. The van der Waals surface area contributed by atoms with Gasteiger partial charge in [0.05, 0.1) is 17.8 Å². The van der Waals surface area contributed by atoms with Gasteiger partial charge < -0.3 is 10.0 Å². The summed E-state index contributed by atoms with van der Waals surface area (Å²) < 4.78 is 13.3. The number of aromatic nitrogens is 2. The minimum absolute atomic E-state index is 0. The van der Waals surface area contributed by atoms with Gasteiger partial charge in [-0.1, -0.05) is 24.3 Å². The smallest absolute Gasteiger partial charge is 0.336 e. The predicted molar refractivity (Wildman–Crippen MR) is 122 cm³/mol. The quantitative estimate of drug-likeness (QED) is 0.389. The van der Waals surface area contributed by atoms with Crippen molar-refractivity contribution in [3.63, 3.8) is 0 Å². The normalized spacial score (nSPS) is 10.4. The maximum Gasteiger partial charge on any atom is 0.336 e. The minimum Gasteiger partial charge on any atom is -0.478 e. The molecule has 5 nitrogen and oxygen atoms in total. The van der Waals surface area contributed by atoms with Crippen LogP contribution < -0.4 is 4.90 Å². The highest BCUT2D eigenvalue weighted by molar-refractivity contribution is 7.09. The van der Waals surface area contributed by atoms with Gasteiger partial charge in [0, 0.05) is 23.2 Å². The molecule has 4 rings (SSSR count). The summed E-state index contributed by atoms with van der Waals surface area (Å²) in [5, 5.41) is 11.5.